The fourth-order valence-corrected chi connectivity index (χ4v) is 3.69. The second kappa shape index (κ2) is 8.71. The molecule has 0 bridgehead atoms. The van der Waals surface area contributed by atoms with Crippen molar-refractivity contribution in [2.24, 2.45) is 5.73 Å². The van der Waals surface area contributed by atoms with Crippen molar-refractivity contribution in [2.75, 3.05) is 18.8 Å². The van der Waals surface area contributed by atoms with Crippen LogP contribution in [0.3, 0.4) is 0 Å². The van der Waals surface area contributed by atoms with Gasteiger partial charge in [0.2, 0.25) is 0 Å². The molecule has 0 fully saturated rings. The number of nitrogens with two attached hydrogens (primary N) is 2. The lowest BCUT2D eigenvalue weighted by Crippen LogP contribution is -2.29. The number of anilines is 1. The number of nitrogens with one attached hydrogen (secondary N) is 1. The van der Waals surface area contributed by atoms with Crippen LogP contribution in [0.25, 0.3) is 39.5 Å². The number of nitrogen functional groups attached to an aromatic ring is 1. The minimum Gasteiger partial charge on any atom is -0.379 e. The highest BCUT2D eigenvalue weighted by molar-refractivity contribution is 6.09. The molecular weight excluding hydrogens is 439 g/mol. The van der Waals surface area contributed by atoms with Crippen molar-refractivity contribution >= 4 is 22.8 Å². The Labute approximate surface area is 192 Å². The SMILES string of the molecule is NCCNC(=O)c1cnc(-c2ccccc2)c2nc(-c3nonc3N)n(-c3ccc(F)cc3)c12. The smallest absolute Gasteiger partial charge is 0.255 e. The van der Waals surface area contributed by atoms with Crippen LogP contribution in [0.1, 0.15) is 10.4 Å². The van der Waals surface area contributed by atoms with E-state index in [0.717, 1.165) is 5.56 Å². The Morgan fingerprint density at radius 3 is 2.50 bits per heavy atom. The number of amides is 1. The molecule has 2 aromatic carbocycles. The molecule has 11 heteroatoms. The van der Waals surface area contributed by atoms with Crippen LogP contribution < -0.4 is 16.8 Å². The summed E-state index contributed by atoms with van der Waals surface area (Å²) < 4.78 is 20.2. The van der Waals surface area contributed by atoms with E-state index in [0.29, 0.717) is 22.4 Å². The average molecular weight is 458 g/mol. The summed E-state index contributed by atoms with van der Waals surface area (Å²) in [4.78, 5) is 22.4. The van der Waals surface area contributed by atoms with Crippen molar-refractivity contribution in [3.8, 4) is 28.5 Å². The van der Waals surface area contributed by atoms with Gasteiger partial charge in [0.1, 0.15) is 11.3 Å². The second-order valence-corrected chi connectivity index (χ2v) is 7.37. The number of rotatable bonds is 6. The van der Waals surface area contributed by atoms with Gasteiger partial charge >= 0.3 is 0 Å². The summed E-state index contributed by atoms with van der Waals surface area (Å²) in [7, 11) is 0. The van der Waals surface area contributed by atoms with E-state index in [9.17, 15) is 9.18 Å². The molecule has 0 aliphatic heterocycles. The number of benzene rings is 2. The van der Waals surface area contributed by atoms with E-state index in [1.807, 2.05) is 30.3 Å². The molecule has 3 aromatic heterocycles. The van der Waals surface area contributed by atoms with E-state index in [2.05, 4.69) is 20.6 Å². The van der Waals surface area contributed by atoms with Crippen molar-refractivity contribution in [1.29, 1.82) is 0 Å². The molecule has 0 aliphatic carbocycles. The molecule has 0 saturated carbocycles. The third-order valence-corrected chi connectivity index (χ3v) is 5.21. The van der Waals surface area contributed by atoms with E-state index >= 15 is 0 Å². The third-order valence-electron chi connectivity index (χ3n) is 5.21. The van der Waals surface area contributed by atoms with Gasteiger partial charge in [-0.1, -0.05) is 30.3 Å². The van der Waals surface area contributed by atoms with E-state index in [1.54, 1.807) is 16.7 Å². The van der Waals surface area contributed by atoms with E-state index in [-0.39, 0.29) is 41.9 Å². The molecule has 0 saturated heterocycles. The van der Waals surface area contributed by atoms with Gasteiger partial charge < -0.3 is 16.8 Å². The first kappa shape index (κ1) is 21.2. The number of carbonyl (C=O) groups is 1. The summed E-state index contributed by atoms with van der Waals surface area (Å²) in [5.41, 5.74) is 14.7. The first-order valence-electron chi connectivity index (χ1n) is 10.4. The molecule has 0 radical (unpaired) electrons. The summed E-state index contributed by atoms with van der Waals surface area (Å²) in [6.45, 7) is 0.548. The molecule has 0 atom stereocenters. The highest BCUT2D eigenvalue weighted by Gasteiger charge is 2.26. The summed E-state index contributed by atoms with van der Waals surface area (Å²) in [6.07, 6.45) is 1.48. The van der Waals surface area contributed by atoms with Crippen molar-refractivity contribution in [3.05, 3.63) is 72.2 Å². The molecule has 34 heavy (non-hydrogen) atoms. The summed E-state index contributed by atoms with van der Waals surface area (Å²) >= 11 is 0. The zero-order valence-corrected chi connectivity index (χ0v) is 17.8. The molecule has 3 heterocycles. The predicted molar refractivity (Wildman–Crippen MR) is 123 cm³/mol. The van der Waals surface area contributed by atoms with Crippen molar-refractivity contribution < 1.29 is 13.8 Å². The van der Waals surface area contributed by atoms with Crippen LogP contribution in [0.4, 0.5) is 10.2 Å². The number of fused-ring (bicyclic) bond motifs is 1. The summed E-state index contributed by atoms with van der Waals surface area (Å²) in [5.74, 6) is -0.519. The number of halogens is 1. The van der Waals surface area contributed by atoms with Crippen LogP contribution >= 0.6 is 0 Å². The first-order chi connectivity index (χ1) is 16.6. The van der Waals surface area contributed by atoms with Gasteiger partial charge in [0.25, 0.3) is 5.91 Å². The molecule has 5 N–H and O–H groups in total. The predicted octanol–water partition coefficient (Wildman–Crippen LogP) is 2.55. The Morgan fingerprint density at radius 2 is 1.82 bits per heavy atom. The van der Waals surface area contributed by atoms with Gasteiger partial charge in [-0.2, -0.15) is 0 Å². The topological polar surface area (TPSA) is 151 Å². The molecular formula is C23H19FN8O2. The van der Waals surface area contributed by atoms with Gasteiger partial charge in [0.15, 0.2) is 17.3 Å². The van der Waals surface area contributed by atoms with E-state index in [1.165, 1.54) is 18.3 Å². The molecule has 5 aromatic rings. The standard InChI is InChI=1S/C23H19FN8O2/c24-14-6-8-15(9-7-14)32-20-16(23(33)27-11-10-25)12-28-17(13-4-2-1-3-5-13)18(20)29-22(32)19-21(26)31-34-30-19/h1-9,12H,10-11,25H2,(H2,26,31)(H,27,33). The maximum absolute atomic E-state index is 13.7. The monoisotopic (exact) mass is 458 g/mol. The fourth-order valence-electron chi connectivity index (χ4n) is 3.69. The van der Waals surface area contributed by atoms with Crippen molar-refractivity contribution in [2.45, 2.75) is 0 Å². The van der Waals surface area contributed by atoms with Crippen LogP contribution in [-0.2, 0) is 0 Å². The third kappa shape index (κ3) is 3.63. The maximum Gasteiger partial charge on any atom is 0.255 e. The maximum atomic E-state index is 13.7. The zero-order valence-electron chi connectivity index (χ0n) is 17.8. The van der Waals surface area contributed by atoms with Gasteiger partial charge in [0.05, 0.1) is 16.8 Å². The van der Waals surface area contributed by atoms with Crippen molar-refractivity contribution in [1.82, 2.24) is 30.2 Å². The van der Waals surface area contributed by atoms with Gasteiger partial charge in [-0.05, 0) is 34.6 Å². The highest BCUT2D eigenvalue weighted by Crippen LogP contribution is 2.35. The van der Waals surface area contributed by atoms with Gasteiger partial charge in [-0.3, -0.25) is 14.3 Å². The number of hydrogen-bond acceptors (Lipinski definition) is 8. The number of imidazole rings is 1. The number of carbonyl (C=O) groups excluding carboxylic acids is 1. The summed E-state index contributed by atoms with van der Waals surface area (Å²) in [6, 6.07) is 15.2. The normalized spacial score (nSPS) is 11.1. The van der Waals surface area contributed by atoms with Crippen molar-refractivity contribution in [3.63, 3.8) is 0 Å². The van der Waals surface area contributed by atoms with Gasteiger partial charge in [0, 0.05) is 30.5 Å². The minimum absolute atomic E-state index is 0.0158. The minimum atomic E-state index is -0.412. The second-order valence-electron chi connectivity index (χ2n) is 7.37. The lowest BCUT2D eigenvalue weighted by Gasteiger charge is -2.12. The Balaban J connectivity index is 1.89. The van der Waals surface area contributed by atoms with Crippen LogP contribution in [0.2, 0.25) is 0 Å². The lowest BCUT2D eigenvalue weighted by atomic mass is 10.1. The quantitative estimate of drug-likeness (QED) is 0.351. The van der Waals surface area contributed by atoms with Gasteiger partial charge in [-0.25, -0.2) is 14.0 Å². The van der Waals surface area contributed by atoms with Crippen LogP contribution in [0.5, 0.6) is 0 Å². The molecule has 5 rings (SSSR count). The van der Waals surface area contributed by atoms with Crippen LogP contribution in [0.15, 0.2) is 65.4 Å². The van der Waals surface area contributed by atoms with Crippen LogP contribution in [-0.4, -0.2) is 43.8 Å². The number of aromatic nitrogens is 5. The molecule has 1 amide bonds. The molecule has 0 unspecified atom stereocenters. The van der Waals surface area contributed by atoms with Crippen LogP contribution in [0, 0.1) is 5.82 Å². The molecule has 0 spiro atoms. The Hall–Kier alpha value is -4.64. The fraction of sp³-hybridized carbons (Fsp3) is 0.0870. The molecule has 10 nitrogen and oxygen atoms in total. The van der Waals surface area contributed by atoms with Gasteiger partial charge in [-0.15, -0.1) is 0 Å². The Morgan fingerprint density at radius 1 is 1.06 bits per heavy atom. The number of hydrogen-bond donors (Lipinski definition) is 3. The highest BCUT2D eigenvalue weighted by atomic mass is 19.1. The lowest BCUT2D eigenvalue weighted by molar-refractivity contribution is 0.0956. The average Bonchev–Trinajstić information content (AvgIpc) is 3.46. The number of nitrogens with zero attached hydrogens (tertiary/aromatic N) is 5. The Kier molecular flexibility index (Phi) is 5.44. The Bertz CT molecular complexity index is 1480. The molecule has 0 aliphatic rings. The van der Waals surface area contributed by atoms with E-state index in [4.69, 9.17) is 21.1 Å². The molecule has 170 valence electrons. The largest absolute Gasteiger partial charge is 0.379 e. The zero-order chi connectivity index (χ0) is 23.7. The first-order valence-corrected chi connectivity index (χ1v) is 10.4. The van der Waals surface area contributed by atoms with E-state index < -0.39 is 5.82 Å². The summed E-state index contributed by atoms with van der Waals surface area (Å²) in [5, 5.41) is 10.3. The number of pyridine rings is 1.